The lowest BCUT2D eigenvalue weighted by molar-refractivity contribution is -0.115. The molecule has 0 bridgehead atoms. The zero-order valence-electron chi connectivity index (χ0n) is 14.8. The fraction of sp³-hybridized carbons (Fsp3) is 0.0476. The summed E-state index contributed by atoms with van der Waals surface area (Å²) in [7, 11) is 0. The zero-order valence-corrected chi connectivity index (χ0v) is 17.1. The number of carbonyl (C=O) groups excluding carboxylic acids is 1. The summed E-state index contributed by atoms with van der Waals surface area (Å²) >= 11 is 13.5. The van der Waals surface area contributed by atoms with Crippen molar-refractivity contribution in [2.24, 2.45) is 4.99 Å². The number of carbonyl (C=O) groups is 1. The number of benzene rings is 2. The van der Waals surface area contributed by atoms with Crippen molar-refractivity contribution in [3.8, 4) is 5.69 Å². The van der Waals surface area contributed by atoms with Crippen molar-refractivity contribution >= 4 is 57.8 Å². The highest BCUT2D eigenvalue weighted by Gasteiger charge is 2.24. The Labute approximate surface area is 176 Å². The number of thioether (sulfide) groups is 1. The second-order valence-corrected chi connectivity index (χ2v) is 8.01. The Kier molecular flexibility index (Phi) is 5.31. The van der Waals surface area contributed by atoms with Crippen LogP contribution in [0.25, 0.3) is 11.8 Å². The van der Waals surface area contributed by atoms with Crippen LogP contribution in [0.3, 0.4) is 0 Å². The van der Waals surface area contributed by atoms with Crippen LogP contribution < -0.4 is 5.32 Å². The molecule has 1 N–H and O–H groups in total. The van der Waals surface area contributed by atoms with Gasteiger partial charge in [0.2, 0.25) is 0 Å². The first-order valence-electron chi connectivity index (χ1n) is 8.49. The molecule has 0 atom stereocenters. The van der Waals surface area contributed by atoms with Gasteiger partial charge in [-0.3, -0.25) is 4.79 Å². The zero-order chi connectivity index (χ0) is 19.7. The molecule has 2 aromatic carbocycles. The van der Waals surface area contributed by atoms with Crippen LogP contribution in [0.2, 0.25) is 10.0 Å². The van der Waals surface area contributed by atoms with Crippen LogP contribution in [0.5, 0.6) is 0 Å². The minimum absolute atomic E-state index is 0.195. The Morgan fingerprint density at radius 1 is 1.11 bits per heavy atom. The molecule has 0 unspecified atom stereocenters. The first-order valence-corrected chi connectivity index (χ1v) is 10.1. The SMILES string of the molecule is Cc1cccc(-n2cccc2/C=C2/SC(=Nc3cccc(Cl)c3Cl)NC2=O)c1. The van der Waals surface area contributed by atoms with Gasteiger partial charge < -0.3 is 9.88 Å². The van der Waals surface area contributed by atoms with E-state index in [9.17, 15) is 4.79 Å². The van der Waals surface area contributed by atoms with E-state index in [0.717, 1.165) is 11.4 Å². The van der Waals surface area contributed by atoms with Gasteiger partial charge in [-0.1, -0.05) is 41.4 Å². The van der Waals surface area contributed by atoms with E-state index in [4.69, 9.17) is 23.2 Å². The molecule has 0 saturated carbocycles. The topological polar surface area (TPSA) is 46.4 Å². The molecule has 140 valence electrons. The molecule has 1 aliphatic rings. The average molecular weight is 428 g/mol. The van der Waals surface area contributed by atoms with Crippen LogP contribution >= 0.6 is 35.0 Å². The Balaban J connectivity index is 1.64. The molecule has 4 nitrogen and oxygen atoms in total. The van der Waals surface area contributed by atoms with Crippen LogP contribution in [0.15, 0.2) is 70.7 Å². The molecule has 7 heteroatoms. The third kappa shape index (κ3) is 3.87. The van der Waals surface area contributed by atoms with E-state index in [1.807, 2.05) is 41.1 Å². The first kappa shape index (κ1) is 18.9. The molecule has 1 aromatic heterocycles. The van der Waals surface area contributed by atoms with Gasteiger partial charge in [0.1, 0.15) is 0 Å². The molecule has 1 saturated heterocycles. The normalized spacial score (nSPS) is 16.8. The molecular formula is C21H15Cl2N3OS. The summed E-state index contributed by atoms with van der Waals surface area (Å²) in [6.45, 7) is 2.05. The molecule has 1 fully saturated rings. The third-order valence-corrected chi connectivity index (χ3v) is 5.86. The fourth-order valence-corrected chi connectivity index (χ4v) is 3.98. The third-order valence-electron chi connectivity index (χ3n) is 4.14. The van der Waals surface area contributed by atoms with Gasteiger partial charge in [-0.15, -0.1) is 0 Å². The average Bonchev–Trinajstić information content (AvgIpc) is 3.26. The van der Waals surface area contributed by atoms with Crippen LogP contribution in [0.4, 0.5) is 5.69 Å². The summed E-state index contributed by atoms with van der Waals surface area (Å²) in [5.41, 5.74) is 3.64. The van der Waals surface area contributed by atoms with Gasteiger partial charge in [0, 0.05) is 17.6 Å². The minimum Gasteiger partial charge on any atom is -0.317 e. The van der Waals surface area contributed by atoms with Crippen molar-refractivity contribution in [3.63, 3.8) is 0 Å². The minimum atomic E-state index is -0.195. The largest absolute Gasteiger partial charge is 0.317 e. The highest BCUT2D eigenvalue weighted by Crippen LogP contribution is 2.34. The van der Waals surface area contributed by atoms with E-state index in [-0.39, 0.29) is 5.91 Å². The van der Waals surface area contributed by atoms with Gasteiger partial charge >= 0.3 is 0 Å². The van der Waals surface area contributed by atoms with Crippen LogP contribution in [-0.4, -0.2) is 15.6 Å². The van der Waals surface area contributed by atoms with Gasteiger partial charge in [0.15, 0.2) is 5.17 Å². The van der Waals surface area contributed by atoms with Crippen molar-refractivity contribution in [2.75, 3.05) is 0 Å². The second-order valence-electron chi connectivity index (χ2n) is 6.20. The summed E-state index contributed by atoms with van der Waals surface area (Å²) in [5, 5.41) is 4.02. The standard InChI is InChI=1S/C21H15Cl2N3OS/c1-13-5-2-6-14(11-13)26-10-4-7-15(26)12-18-20(27)25-21(28-18)24-17-9-3-8-16(22)19(17)23/h2-12H,1H3,(H,24,25,27)/b18-12+. The fourth-order valence-electron chi connectivity index (χ4n) is 2.83. The van der Waals surface area contributed by atoms with Crippen molar-refractivity contribution < 1.29 is 4.79 Å². The summed E-state index contributed by atoms with van der Waals surface area (Å²) in [6, 6.07) is 17.3. The number of aromatic nitrogens is 1. The number of aliphatic imine (C=N–C) groups is 1. The summed E-state index contributed by atoms with van der Waals surface area (Å²) in [6.07, 6.45) is 3.82. The molecular weight excluding hydrogens is 413 g/mol. The van der Waals surface area contributed by atoms with Gasteiger partial charge in [-0.25, -0.2) is 4.99 Å². The Morgan fingerprint density at radius 3 is 2.75 bits per heavy atom. The number of halogens is 2. The lowest BCUT2D eigenvalue weighted by atomic mass is 10.2. The maximum atomic E-state index is 12.4. The van der Waals surface area contributed by atoms with E-state index in [1.165, 1.54) is 17.3 Å². The lowest BCUT2D eigenvalue weighted by Crippen LogP contribution is -2.19. The van der Waals surface area contributed by atoms with E-state index < -0.39 is 0 Å². The maximum absolute atomic E-state index is 12.4. The first-order chi connectivity index (χ1) is 13.5. The quantitative estimate of drug-likeness (QED) is 0.522. The molecule has 0 aliphatic carbocycles. The van der Waals surface area contributed by atoms with E-state index >= 15 is 0 Å². The second kappa shape index (κ2) is 7.87. The molecule has 28 heavy (non-hydrogen) atoms. The Hall–Kier alpha value is -2.47. The van der Waals surface area contributed by atoms with Crippen molar-refractivity contribution in [3.05, 3.63) is 87.0 Å². The Morgan fingerprint density at radius 2 is 1.93 bits per heavy atom. The summed E-state index contributed by atoms with van der Waals surface area (Å²) < 4.78 is 2.04. The predicted octanol–water partition coefficient (Wildman–Crippen LogP) is 5.98. The Bertz CT molecular complexity index is 1130. The lowest BCUT2D eigenvalue weighted by Gasteiger charge is -2.07. The van der Waals surface area contributed by atoms with Crippen LogP contribution in [0.1, 0.15) is 11.3 Å². The molecule has 4 rings (SSSR count). The van der Waals surface area contributed by atoms with Crippen molar-refractivity contribution in [2.45, 2.75) is 6.92 Å². The van der Waals surface area contributed by atoms with Crippen LogP contribution in [0, 0.1) is 6.92 Å². The number of amidine groups is 1. The number of nitrogens with one attached hydrogen (secondary N) is 1. The number of nitrogens with zero attached hydrogens (tertiary/aromatic N) is 2. The molecule has 3 aromatic rings. The van der Waals surface area contributed by atoms with Crippen molar-refractivity contribution in [1.82, 2.24) is 9.88 Å². The monoisotopic (exact) mass is 427 g/mol. The molecule has 0 spiro atoms. The van der Waals surface area contributed by atoms with Crippen molar-refractivity contribution in [1.29, 1.82) is 0 Å². The summed E-state index contributed by atoms with van der Waals surface area (Å²) in [5.74, 6) is -0.195. The number of aryl methyl sites for hydroxylation is 1. The highest BCUT2D eigenvalue weighted by molar-refractivity contribution is 8.18. The smallest absolute Gasteiger partial charge is 0.264 e. The van der Waals surface area contributed by atoms with Gasteiger partial charge in [-0.2, -0.15) is 0 Å². The number of hydrogen-bond acceptors (Lipinski definition) is 3. The number of hydrogen-bond donors (Lipinski definition) is 1. The molecule has 1 aliphatic heterocycles. The van der Waals surface area contributed by atoms with E-state index in [1.54, 1.807) is 18.2 Å². The number of amides is 1. The van der Waals surface area contributed by atoms with E-state index in [2.05, 4.69) is 29.4 Å². The predicted molar refractivity (Wildman–Crippen MR) is 118 cm³/mol. The maximum Gasteiger partial charge on any atom is 0.264 e. The van der Waals surface area contributed by atoms with E-state index in [0.29, 0.717) is 25.8 Å². The van der Waals surface area contributed by atoms with Gasteiger partial charge in [0.05, 0.1) is 20.6 Å². The van der Waals surface area contributed by atoms with Crippen LogP contribution in [-0.2, 0) is 4.79 Å². The molecule has 2 heterocycles. The van der Waals surface area contributed by atoms with Gasteiger partial charge in [0.25, 0.3) is 5.91 Å². The van der Waals surface area contributed by atoms with Gasteiger partial charge in [-0.05, 0) is 66.7 Å². The molecule has 1 amide bonds. The highest BCUT2D eigenvalue weighted by atomic mass is 35.5. The molecule has 0 radical (unpaired) electrons. The summed E-state index contributed by atoms with van der Waals surface area (Å²) in [4.78, 5) is 17.4. The number of rotatable bonds is 3.